The Labute approximate surface area is 113 Å². The van der Waals surface area contributed by atoms with Crippen LogP contribution in [0.5, 0.6) is 0 Å². The van der Waals surface area contributed by atoms with Crippen LogP contribution in [0.25, 0.3) is 0 Å². The molecule has 0 heterocycles. The van der Waals surface area contributed by atoms with Crippen molar-refractivity contribution in [3.05, 3.63) is 23.3 Å². The van der Waals surface area contributed by atoms with Gasteiger partial charge in [0.15, 0.2) is 0 Å². The third-order valence-corrected chi connectivity index (χ3v) is 4.96. The molecule has 2 unspecified atom stereocenters. The van der Waals surface area contributed by atoms with E-state index in [0.29, 0.717) is 11.3 Å². The zero-order chi connectivity index (χ0) is 13.8. The van der Waals surface area contributed by atoms with E-state index in [9.17, 15) is 0 Å². The maximum atomic E-state index is 8.84. The van der Waals surface area contributed by atoms with Crippen LogP contribution in [0.15, 0.2) is 23.3 Å². The summed E-state index contributed by atoms with van der Waals surface area (Å²) in [5.74, 6) is 1.48. The number of rotatable bonds is 5. The maximum Gasteiger partial charge on any atom is 0.0465 e. The van der Waals surface area contributed by atoms with Crippen molar-refractivity contribution in [2.45, 2.75) is 60.3 Å². The molecule has 1 rings (SSSR count). The molecule has 0 saturated heterocycles. The fraction of sp³-hybridized carbons (Fsp3) is 0.765. The van der Waals surface area contributed by atoms with Gasteiger partial charge in [0.1, 0.15) is 0 Å². The van der Waals surface area contributed by atoms with Crippen molar-refractivity contribution in [1.82, 2.24) is 0 Å². The van der Waals surface area contributed by atoms with E-state index in [1.807, 2.05) is 0 Å². The van der Waals surface area contributed by atoms with E-state index in [2.05, 4.69) is 46.8 Å². The van der Waals surface area contributed by atoms with Crippen molar-refractivity contribution in [3.63, 3.8) is 0 Å². The molecule has 1 aliphatic rings. The van der Waals surface area contributed by atoms with Crippen LogP contribution in [0.3, 0.4) is 0 Å². The van der Waals surface area contributed by atoms with Crippen LogP contribution < -0.4 is 0 Å². The van der Waals surface area contributed by atoms with Gasteiger partial charge in [0, 0.05) is 6.61 Å². The minimum absolute atomic E-state index is 0.266. The lowest BCUT2D eigenvalue weighted by Gasteiger charge is -2.43. The summed E-state index contributed by atoms with van der Waals surface area (Å²) in [6, 6.07) is 0. The molecule has 0 radical (unpaired) electrons. The zero-order valence-electron chi connectivity index (χ0n) is 12.8. The molecule has 0 aliphatic heterocycles. The number of hydrogen-bond donors (Lipinski definition) is 1. The standard InChI is InChI=1S/C17H30O/c1-13(7-6-12-18)8-11-16-14(2)9-10-15(3)17(16,4)5/h7,9,15-16,18H,6,8,10-12H2,1-5H3. The topological polar surface area (TPSA) is 20.2 Å². The molecule has 104 valence electrons. The van der Waals surface area contributed by atoms with Gasteiger partial charge < -0.3 is 5.11 Å². The quantitative estimate of drug-likeness (QED) is 0.700. The maximum absolute atomic E-state index is 8.84. The highest BCUT2D eigenvalue weighted by Crippen LogP contribution is 2.47. The number of aliphatic hydroxyl groups is 1. The van der Waals surface area contributed by atoms with Crippen molar-refractivity contribution < 1.29 is 5.11 Å². The van der Waals surface area contributed by atoms with Gasteiger partial charge in [-0.3, -0.25) is 0 Å². The van der Waals surface area contributed by atoms with Crippen molar-refractivity contribution in [1.29, 1.82) is 0 Å². The molecule has 0 aromatic heterocycles. The first kappa shape index (κ1) is 15.5. The fourth-order valence-corrected chi connectivity index (χ4v) is 3.12. The highest BCUT2D eigenvalue weighted by Gasteiger charge is 2.37. The first-order chi connectivity index (χ1) is 8.39. The number of hydrogen-bond acceptors (Lipinski definition) is 1. The summed E-state index contributed by atoms with van der Waals surface area (Å²) in [6.45, 7) is 12.0. The lowest BCUT2D eigenvalue weighted by molar-refractivity contribution is 0.131. The Morgan fingerprint density at radius 1 is 1.50 bits per heavy atom. The predicted molar refractivity (Wildman–Crippen MR) is 79.5 cm³/mol. The van der Waals surface area contributed by atoms with Crippen LogP contribution in [0.4, 0.5) is 0 Å². The Balaban J connectivity index is 2.64. The largest absolute Gasteiger partial charge is 0.396 e. The molecular formula is C17H30O. The predicted octanol–water partition coefficient (Wildman–Crippen LogP) is 4.72. The Kier molecular flexibility index (Phi) is 5.65. The van der Waals surface area contributed by atoms with Gasteiger partial charge in [0.25, 0.3) is 0 Å². The second-order valence-electron chi connectivity index (χ2n) is 6.56. The minimum atomic E-state index is 0.266. The van der Waals surface area contributed by atoms with Gasteiger partial charge in [-0.2, -0.15) is 0 Å². The average Bonchev–Trinajstić information content (AvgIpc) is 2.31. The first-order valence-corrected chi connectivity index (χ1v) is 7.32. The molecule has 1 N–H and O–H groups in total. The highest BCUT2D eigenvalue weighted by molar-refractivity contribution is 5.14. The molecule has 0 fully saturated rings. The molecule has 0 aromatic rings. The van der Waals surface area contributed by atoms with Gasteiger partial charge in [-0.05, 0) is 56.8 Å². The summed E-state index contributed by atoms with van der Waals surface area (Å²) < 4.78 is 0. The second kappa shape index (κ2) is 6.56. The normalized spacial score (nSPS) is 28.1. The molecular weight excluding hydrogens is 220 g/mol. The van der Waals surface area contributed by atoms with Crippen LogP contribution >= 0.6 is 0 Å². The number of allylic oxidation sites excluding steroid dienone is 3. The third kappa shape index (κ3) is 3.71. The van der Waals surface area contributed by atoms with Gasteiger partial charge >= 0.3 is 0 Å². The van der Waals surface area contributed by atoms with Crippen molar-refractivity contribution in [3.8, 4) is 0 Å². The molecule has 0 amide bonds. The van der Waals surface area contributed by atoms with Gasteiger partial charge in [0.2, 0.25) is 0 Å². The van der Waals surface area contributed by atoms with Crippen molar-refractivity contribution in [2.24, 2.45) is 17.3 Å². The van der Waals surface area contributed by atoms with Crippen molar-refractivity contribution >= 4 is 0 Å². The molecule has 1 nitrogen and oxygen atoms in total. The second-order valence-corrected chi connectivity index (χ2v) is 6.56. The summed E-state index contributed by atoms with van der Waals surface area (Å²) in [6.07, 6.45) is 9.05. The Morgan fingerprint density at radius 3 is 2.78 bits per heavy atom. The van der Waals surface area contributed by atoms with E-state index in [0.717, 1.165) is 18.8 Å². The molecule has 18 heavy (non-hydrogen) atoms. The van der Waals surface area contributed by atoms with Crippen LogP contribution in [-0.4, -0.2) is 11.7 Å². The summed E-state index contributed by atoms with van der Waals surface area (Å²) in [7, 11) is 0. The van der Waals surface area contributed by atoms with E-state index >= 15 is 0 Å². The minimum Gasteiger partial charge on any atom is -0.396 e. The summed E-state index contributed by atoms with van der Waals surface area (Å²) in [4.78, 5) is 0. The summed E-state index contributed by atoms with van der Waals surface area (Å²) in [5, 5.41) is 8.84. The lowest BCUT2D eigenvalue weighted by Crippen LogP contribution is -2.34. The van der Waals surface area contributed by atoms with E-state index < -0.39 is 0 Å². The van der Waals surface area contributed by atoms with Crippen LogP contribution in [0, 0.1) is 17.3 Å². The molecule has 0 aromatic carbocycles. The van der Waals surface area contributed by atoms with Gasteiger partial charge in [-0.25, -0.2) is 0 Å². The van der Waals surface area contributed by atoms with Gasteiger partial charge in [-0.1, -0.05) is 44.1 Å². The molecule has 1 aliphatic carbocycles. The third-order valence-electron chi connectivity index (χ3n) is 4.96. The van der Waals surface area contributed by atoms with E-state index in [1.165, 1.54) is 18.4 Å². The highest BCUT2D eigenvalue weighted by atomic mass is 16.2. The molecule has 0 saturated carbocycles. The lowest BCUT2D eigenvalue weighted by atomic mass is 9.61. The van der Waals surface area contributed by atoms with E-state index in [4.69, 9.17) is 5.11 Å². The smallest absolute Gasteiger partial charge is 0.0465 e. The van der Waals surface area contributed by atoms with E-state index in [1.54, 1.807) is 5.57 Å². The molecule has 0 spiro atoms. The zero-order valence-corrected chi connectivity index (χ0v) is 12.8. The summed E-state index contributed by atoms with van der Waals surface area (Å²) >= 11 is 0. The average molecular weight is 250 g/mol. The molecule has 2 atom stereocenters. The molecule has 1 heteroatoms. The van der Waals surface area contributed by atoms with Crippen LogP contribution in [0.2, 0.25) is 0 Å². The van der Waals surface area contributed by atoms with Crippen molar-refractivity contribution in [2.75, 3.05) is 6.61 Å². The van der Waals surface area contributed by atoms with Crippen LogP contribution in [0.1, 0.15) is 60.3 Å². The van der Waals surface area contributed by atoms with Gasteiger partial charge in [0.05, 0.1) is 0 Å². The Hall–Kier alpha value is -0.560. The molecule has 0 bridgehead atoms. The fourth-order valence-electron chi connectivity index (χ4n) is 3.12. The van der Waals surface area contributed by atoms with Crippen LogP contribution in [-0.2, 0) is 0 Å². The Morgan fingerprint density at radius 2 is 2.17 bits per heavy atom. The summed E-state index contributed by atoms with van der Waals surface area (Å²) in [5.41, 5.74) is 3.41. The number of aliphatic hydroxyl groups excluding tert-OH is 1. The Bertz CT molecular complexity index is 323. The first-order valence-electron chi connectivity index (χ1n) is 7.32. The van der Waals surface area contributed by atoms with Gasteiger partial charge in [-0.15, -0.1) is 0 Å². The monoisotopic (exact) mass is 250 g/mol. The SMILES string of the molecule is CC(=CCCO)CCC1C(C)=CCC(C)C1(C)C. The van der Waals surface area contributed by atoms with E-state index in [-0.39, 0.29) is 6.61 Å².